The third-order valence-electron chi connectivity index (χ3n) is 4.08. The molecule has 3 heteroatoms. The van der Waals surface area contributed by atoms with Gasteiger partial charge < -0.3 is 14.7 Å². The smallest absolute Gasteiger partial charge is 0.120 e. The van der Waals surface area contributed by atoms with Gasteiger partial charge in [-0.15, -0.1) is 0 Å². The summed E-state index contributed by atoms with van der Waals surface area (Å²) in [5.74, 6) is 0.825. The Morgan fingerprint density at radius 2 is 1.76 bits per heavy atom. The number of benzene rings is 2. The van der Waals surface area contributed by atoms with E-state index in [2.05, 4.69) is 23.1 Å². The highest BCUT2D eigenvalue weighted by Crippen LogP contribution is 2.20. The summed E-state index contributed by atoms with van der Waals surface area (Å²) in [5.41, 5.74) is 0. The van der Waals surface area contributed by atoms with Crippen LogP contribution in [0.5, 0.6) is 5.75 Å². The fourth-order valence-corrected chi connectivity index (χ4v) is 2.94. The lowest BCUT2D eigenvalue weighted by Crippen LogP contribution is -2.38. The van der Waals surface area contributed by atoms with Crippen LogP contribution in [-0.2, 0) is 0 Å². The first-order chi connectivity index (χ1) is 10.3. The van der Waals surface area contributed by atoms with E-state index in [0.29, 0.717) is 13.2 Å². The number of likely N-dealkylation sites (tertiary alicyclic amines) is 1. The maximum atomic E-state index is 10.1. The first-order valence-electron chi connectivity index (χ1n) is 7.83. The molecule has 1 atom stereocenters. The second-order valence-corrected chi connectivity index (χ2v) is 5.84. The zero-order valence-corrected chi connectivity index (χ0v) is 12.4. The maximum Gasteiger partial charge on any atom is 0.120 e. The van der Waals surface area contributed by atoms with Crippen LogP contribution >= 0.6 is 0 Å². The zero-order valence-electron chi connectivity index (χ0n) is 12.4. The van der Waals surface area contributed by atoms with E-state index in [-0.39, 0.29) is 0 Å². The number of nitrogens with zero attached hydrogens (tertiary/aromatic N) is 1. The summed E-state index contributed by atoms with van der Waals surface area (Å²) in [4.78, 5) is 2.33. The molecule has 0 bridgehead atoms. The van der Waals surface area contributed by atoms with E-state index < -0.39 is 6.10 Å². The number of rotatable bonds is 5. The van der Waals surface area contributed by atoms with E-state index in [0.717, 1.165) is 18.8 Å². The average molecular weight is 285 g/mol. The lowest BCUT2D eigenvalue weighted by Gasteiger charge is -2.28. The molecule has 3 nitrogen and oxygen atoms in total. The van der Waals surface area contributed by atoms with Crippen LogP contribution < -0.4 is 4.74 Å². The molecule has 112 valence electrons. The van der Waals surface area contributed by atoms with Gasteiger partial charge in [0.05, 0.1) is 0 Å². The number of hydrogen-bond acceptors (Lipinski definition) is 3. The third-order valence-corrected chi connectivity index (χ3v) is 4.08. The monoisotopic (exact) mass is 285 g/mol. The molecule has 1 saturated heterocycles. The maximum absolute atomic E-state index is 10.1. The van der Waals surface area contributed by atoms with Gasteiger partial charge in [0.2, 0.25) is 0 Å². The van der Waals surface area contributed by atoms with Crippen LogP contribution in [-0.4, -0.2) is 42.4 Å². The SMILES string of the molecule is O[C@H](COc1ccc2ccccc2c1)CN1CCCCC1. The predicted molar refractivity (Wildman–Crippen MR) is 85.7 cm³/mol. The van der Waals surface area contributed by atoms with Crippen LogP contribution in [0.1, 0.15) is 19.3 Å². The molecule has 1 aliphatic heterocycles. The molecule has 2 aromatic carbocycles. The average Bonchev–Trinajstić information content (AvgIpc) is 2.54. The van der Waals surface area contributed by atoms with Crippen LogP contribution in [0, 0.1) is 0 Å². The zero-order chi connectivity index (χ0) is 14.5. The van der Waals surface area contributed by atoms with E-state index in [1.54, 1.807) is 0 Å². The van der Waals surface area contributed by atoms with Crippen LogP contribution in [0.3, 0.4) is 0 Å². The topological polar surface area (TPSA) is 32.7 Å². The molecule has 0 saturated carbocycles. The lowest BCUT2D eigenvalue weighted by molar-refractivity contribution is 0.0618. The first-order valence-corrected chi connectivity index (χ1v) is 7.83. The van der Waals surface area contributed by atoms with E-state index >= 15 is 0 Å². The number of fused-ring (bicyclic) bond motifs is 1. The highest BCUT2D eigenvalue weighted by atomic mass is 16.5. The van der Waals surface area contributed by atoms with Crippen LogP contribution in [0.25, 0.3) is 10.8 Å². The minimum absolute atomic E-state index is 0.356. The predicted octanol–water partition coefficient (Wildman–Crippen LogP) is 3.07. The van der Waals surface area contributed by atoms with Gasteiger partial charge in [0, 0.05) is 6.54 Å². The number of piperidine rings is 1. The molecule has 21 heavy (non-hydrogen) atoms. The van der Waals surface area contributed by atoms with Crippen molar-refractivity contribution in [3.05, 3.63) is 42.5 Å². The second kappa shape index (κ2) is 6.92. The summed E-state index contributed by atoms with van der Waals surface area (Å²) in [6.07, 6.45) is 3.39. The summed E-state index contributed by atoms with van der Waals surface area (Å²) in [5, 5.41) is 12.5. The summed E-state index contributed by atoms with van der Waals surface area (Å²) < 4.78 is 5.74. The minimum Gasteiger partial charge on any atom is -0.491 e. The standard InChI is InChI=1S/C18H23NO2/c20-17(13-19-10-4-1-5-11-19)14-21-18-9-8-15-6-2-3-7-16(15)12-18/h2-3,6-9,12,17,20H,1,4-5,10-11,13-14H2/t17-/m0/s1. The molecule has 1 fully saturated rings. The molecule has 0 radical (unpaired) electrons. The Kier molecular flexibility index (Phi) is 4.73. The van der Waals surface area contributed by atoms with Crippen molar-refractivity contribution in [3.63, 3.8) is 0 Å². The number of aliphatic hydroxyl groups is 1. The van der Waals surface area contributed by atoms with Crippen LogP contribution in [0.15, 0.2) is 42.5 Å². The second-order valence-electron chi connectivity index (χ2n) is 5.84. The van der Waals surface area contributed by atoms with E-state index in [4.69, 9.17) is 4.74 Å². The molecule has 2 aromatic rings. The van der Waals surface area contributed by atoms with Crippen molar-refractivity contribution in [1.29, 1.82) is 0 Å². The molecule has 1 N–H and O–H groups in total. The Morgan fingerprint density at radius 3 is 2.57 bits per heavy atom. The Hall–Kier alpha value is -1.58. The van der Waals surface area contributed by atoms with Crippen molar-refractivity contribution < 1.29 is 9.84 Å². The summed E-state index contributed by atoms with van der Waals surface area (Å²) in [7, 11) is 0. The van der Waals surface area contributed by atoms with Gasteiger partial charge in [-0.25, -0.2) is 0 Å². The van der Waals surface area contributed by atoms with Crippen molar-refractivity contribution in [2.24, 2.45) is 0 Å². The Labute approximate surface area is 126 Å². The van der Waals surface area contributed by atoms with Crippen LogP contribution in [0.2, 0.25) is 0 Å². The van der Waals surface area contributed by atoms with Gasteiger partial charge in [-0.3, -0.25) is 0 Å². The van der Waals surface area contributed by atoms with E-state index in [1.165, 1.54) is 30.0 Å². The number of β-amino-alcohol motifs (C(OH)–C–C–N with tert-alkyl or cyclic N) is 1. The first kappa shape index (κ1) is 14.4. The molecule has 0 aliphatic carbocycles. The van der Waals surface area contributed by atoms with Gasteiger partial charge in [-0.2, -0.15) is 0 Å². The van der Waals surface area contributed by atoms with Gasteiger partial charge in [0.1, 0.15) is 18.5 Å². The Balaban J connectivity index is 1.53. The fraction of sp³-hybridized carbons (Fsp3) is 0.444. The van der Waals surface area contributed by atoms with Gasteiger partial charge in [0.25, 0.3) is 0 Å². The Morgan fingerprint density at radius 1 is 1.00 bits per heavy atom. The van der Waals surface area contributed by atoms with E-state index in [1.807, 2.05) is 24.3 Å². The normalized spacial score (nSPS) is 17.8. The Bertz CT molecular complexity index is 578. The number of hydrogen-bond donors (Lipinski definition) is 1. The number of aliphatic hydroxyl groups excluding tert-OH is 1. The lowest BCUT2D eigenvalue weighted by atomic mass is 10.1. The molecule has 0 aromatic heterocycles. The molecule has 0 amide bonds. The quantitative estimate of drug-likeness (QED) is 0.916. The third kappa shape index (κ3) is 3.96. The summed E-state index contributed by atoms with van der Waals surface area (Å²) in [6.45, 7) is 3.28. The van der Waals surface area contributed by atoms with Crippen molar-refractivity contribution in [1.82, 2.24) is 4.90 Å². The van der Waals surface area contributed by atoms with Gasteiger partial charge in [0.15, 0.2) is 0 Å². The van der Waals surface area contributed by atoms with Crippen molar-refractivity contribution in [2.75, 3.05) is 26.2 Å². The van der Waals surface area contributed by atoms with E-state index in [9.17, 15) is 5.11 Å². The highest BCUT2D eigenvalue weighted by molar-refractivity contribution is 5.83. The number of ether oxygens (including phenoxy) is 1. The molecule has 1 heterocycles. The molecule has 0 unspecified atom stereocenters. The van der Waals surface area contributed by atoms with Crippen molar-refractivity contribution >= 4 is 10.8 Å². The summed E-state index contributed by atoms with van der Waals surface area (Å²) >= 11 is 0. The molecule has 0 spiro atoms. The molecular formula is C18H23NO2. The van der Waals surface area contributed by atoms with Gasteiger partial charge in [-0.05, 0) is 48.8 Å². The molecular weight excluding hydrogens is 262 g/mol. The minimum atomic E-state index is -0.422. The highest BCUT2D eigenvalue weighted by Gasteiger charge is 2.15. The largest absolute Gasteiger partial charge is 0.491 e. The summed E-state index contributed by atoms with van der Waals surface area (Å²) in [6, 6.07) is 14.3. The molecule has 3 rings (SSSR count). The van der Waals surface area contributed by atoms with Gasteiger partial charge >= 0.3 is 0 Å². The fourth-order valence-electron chi connectivity index (χ4n) is 2.94. The van der Waals surface area contributed by atoms with Crippen LogP contribution in [0.4, 0.5) is 0 Å². The van der Waals surface area contributed by atoms with Crippen molar-refractivity contribution in [2.45, 2.75) is 25.4 Å². The molecule has 1 aliphatic rings. The van der Waals surface area contributed by atoms with Crippen molar-refractivity contribution in [3.8, 4) is 5.75 Å². The van der Waals surface area contributed by atoms with Gasteiger partial charge in [-0.1, -0.05) is 36.8 Å².